The Morgan fingerprint density at radius 2 is 2.11 bits per heavy atom. The molecule has 2 nitrogen and oxygen atoms in total. The first-order valence-corrected chi connectivity index (χ1v) is 7.68. The SMILES string of the molecule is CC[C@@H](O)c1ccccc1N1CCSC(C)(C)C1. The van der Waals surface area contributed by atoms with Gasteiger partial charge in [-0.15, -0.1) is 0 Å². The van der Waals surface area contributed by atoms with Crippen molar-refractivity contribution < 1.29 is 5.11 Å². The Bertz CT molecular complexity index is 405. The summed E-state index contributed by atoms with van der Waals surface area (Å²) in [7, 11) is 0. The van der Waals surface area contributed by atoms with Crippen molar-refractivity contribution in [2.24, 2.45) is 0 Å². The molecule has 0 saturated carbocycles. The second kappa shape index (κ2) is 5.54. The quantitative estimate of drug-likeness (QED) is 0.905. The summed E-state index contributed by atoms with van der Waals surface area (Å²) in [5.41, 5.74) is 2.28. The van der Waals surface area contributed by atoms with Crippen LogP contribution in [0.4, 0.5) is 5.69 Å². The van der Waals surface area contributed by atoms with Gasteiger partial charge in [-0.25, -0.2) is 0 Å². The smallest absolute Gasteiger partial charge is 0.0807 e. The fourth-order valence-corrected chi connectivity index (χ4v) is 3.61. The van der Waals surface area contributed by atoms with E-state index >= 15 is 0 Å². The number of thioether (sulfide) groups is 1. The van der Waals surface area contributed by atoms with E-state index in [1.807, 2.05) is 24.8 Å². The predicted molar refractivity (Wildman–Crippen MR) is 80.4 cm³/mol. The zero-order chi connectivity index (χ0) is 13.2. The first-order valence-electron chi connectivity index (χ1n) is 6.69. The molecule has 0 radical (unpaired) electrons. The summed E-state index contributed by atoms with van der Waals surface area (Å²) in [5, 5.41) is 10.1. The maximum Gasteiger partial charge on any atom is 0.0807 e. The zero-order valence-corrected chi connectivity index (χ0v) is 12.3. The van der Waals surface area contributed by atoms with Crippen molar-refractivity contribution in [2.75, 3.05) is 23.7 Å². The van der Waals surface area contributed by atoms with Crippen molar-refractivity contribution in [1.29, 1.82) is 0 Å². The number of hydrogen-bond acceptors (Lipinski definition) is 3. The highest BCUT2D eigenvalue weighted by atomic mass is 32.2. The van der Waals surface area contributed by atoms with E-state index in [9.17, 15) is 5.11 Å². The van der Waals surface area contributed by atoms with Crippen LogP contribution in [0.15, 0.2) is 24.3 Å². The molecule has 100 valence electrons. The summed E-state index contributed by atoms with van der Waals surface area (Å²) >= 11 is 2.03. The van der Waals surface area contributed by atoms with Gasteiger partial charge in [0.15, 0.2) is 0 Å². The molecule has 1 fully saturated rings. The molecular weight excluding hydrogens is 242 g/mol. The second-order valence-corrected chi connectivity index (χ2v) is 7.31. The van der Waals surface area contributed by atoms with E-state index in [2.05, 4.69) is 36.9 Å². The van der Waals surface area contributed by atoms with Crippen LogP contribution in [0.5, 0.6) is 0 Å². The molecule has 1 aromatic rings. The molecule has 1 atom stereocenters. The molecule has 0 aliphatic carbocycles. The standard InChI is InChI=1S/C15H23NOS/c1-4-14(17)12-7-5-6-8-13(12)16-9-10-18-15(2,3)11-16/h5-8,14,17H,4,9-11H2,1-3H3/t14-/m1/s1. The van der Waals surface area contributed by atoms with Gasteiger partial charge < -0.3 is 10.0 Å². The van der Waals surface area contributed by atoms with E-state index in [1.54, 1.807) is 0 Å². The van der Waals surface area contributed by atoms with Crippen LogP contribution >= 0.6 is 11.8 Å². The van der Waals surface area contributed by atoms with Crippen LogP contribution in [-0.2, 0) is 0 Å². The topological polar surface area (TPSA) is 23.5 Å². The third kappa shape index (κ3) is 3.01. The van der Waals surface area contributed by atoms with E-state index in [4.69, 9.17) is 0 Å². The van der Waals surface area contributed by atoms with Crippen LogP contribution in [0.3, 0.4) is 0 Å². The lowest BCUT2D eigenvalue weighted by Crippen LogP contribution is -2.43. The Labute approximate surface area is 114 Å². The van der Waals surface area contributed by atoms with Gasteiger partial charge in [-0.05, 0) is 26.3 Å². The minimum absolute atomic E-state index is 0.294. The first kappa shape index (κ1) is 13.8. The molecule has 1 aromatic carbocycles. The van der Waals surface area contributed by atoms with Gasteiger partial charge in [-0.1, -0.05) is 25.1 Å². The van der Waals surface area contributed by atoms with Crippen LogP contribution in [0.2, 0.25) is 0 Å². The van der Waals surface area contributed by atoms with E-state index in [-0.39, 0.29) is 6.10 Å². The normalized spacial score (nSPS) is 20.8. The van der Waals surface area contributed by atoms with Crippen molar-refractivity contribution in [3.63, 3.8) is 0 Å². The molecule has 0 unspecified atom stereocenters. The molecule has 0 bridgehead atoms. The lowest BCUT2D eigenvalue weighted by atomic mass is 10.0. The number of aliphatic hydroxyl groups is 1. The van der Waals surface area contributed by atoms with Gasteiger partial charge in [0.2, 0.25) is 0 Å². The van der Waals surface area contributed by atoms with Gasteiger partial charge in [0, 0.05) is 34.8 Å². The number of rotatable bonds is 3. The molecule has 0 spiro atoms. The van der Waals surface area contributed by atoms with E-state index in [0.717, 1.165) is 30.8 Å². The Hall–Kier alpha value is -0.670. The van der Waals surface area contributed by atoms with Crippen LogP contribution in [-0.4, -0.2) is 28.7 Å². The average Bonchev–Trinajstić information content (AvgIpc) is 2.36. The van der Waals surface area contributed by atoms with Crippen molar-refractivity contribution in [3.05, 3.63) is 29.8 Å². The van der Waals surface area contributed by atoms with Gasteiger partial charge in [-0.2, -0.15) is 11.8 Å². The van der Waals surface area contributed by atoms with E-state index in [0.29, 0.717) is 4.75 Å². The molecule has 1 saturated heterocycles. The summed E-state index contributed by atoms with van der Waals surface area (Å²) < 4.78 is 0.294. The van der Waals surface area contributed by atoms with Crippen LogP contribution in [0.1, 0.15) is 38.9 Å². The molecule has 1 heterocycles. The minimum atomic E-state index is -0.348. The van der Waals surface area contributed by atoms with Crippen molar-refractivity contribution in [3.8, 4) is 0 Å². The summed E-state index contributed by atoms with van der Waals surface area (Å²) in [5.74, 6) is 1.16. The van der Waals surface area contributed by atoms with Crippen LogP contribution < -0.4 is 4.90 Å². The minimum Gasteiger partial charge on any atom is -0.388 e. The molecular formula is C15H23NOS. The second-order valence-electron chi connectivity index (χ2n) is 5.51. The van der Waals surface area contributed by atoms with E-state index in [1.165, 1.54) is 5.69 Å². The number of para-hydroxylation sites is 1. The number of nitrogens with zero attached hydrogens (tertiary/aromatic N) is 1. The monoisotopic (exact) mass is 265 g/mol. The molecule has 1 N–H and O–H groups in total. The van der Waals surface area contributed by atoms with Crippen LogP contribution in [0, 0.1) is 0 Å². The molecule has 0 amide bonds. The van der Waals surface area contributed by atoms with Gasteiger partial charge in [-0.3, -0.25) is 0 Å². The van der Waals surface area contributed by atoms with Crippen molar-refractivity contribution in [2.45, 2.75) is 38.0 Å². The van der Waals surface area contributed by atoms with Gasteiger partial charge in [0.05, 0.1) is 6.10 Å². The van der Waals surface area contributed by atoms with Crippen molar-refractivity contribution >= 4 is 17.4 Å². The molecule has 2 rings (SSSR count). The van der Waals surface area contributed by atoms with E-state index < -0.39 is 0 Å². The first-order chi connectivity index (χ1) is 8.53. The summed E-state index contributed by atoms with van der Waals surface area (Å²) in [6.45, 7) is 8.73. The highest BCUT2D eigenvalue weighted by Crippen LogP contribution is 2.35. The third-order valence-corrected chi connectivity index (χ3v) is 4.75. The number of aliphatic hydroxyl groups excluding tert-OH is 1. The maximum atomic E-state index is 10.1. The predicted octanol–water partition coefficient (Wildman–Crippen LogP) is 3.46. The Morgan fingerprint density at radius 3 is 2.78 bits per heavy atom. The highest BCUT2D eigenvalue weighted by Gasteiger charge is 2.28. The fraction of sp³-hybridized carbons (Fsp3) is 0.600. The summed E-state index contributed by atoms with van der Waals surface area (Å²) in [6.07, 6.45) is 0.419. The molecule has 1 aliphatic heterocycles. The Balaban J connectivity index is 2.27. The molecule has 3 heteroatoms. The lowest BCUT2D eigenvalue weighted by Gasteiger charge is -2.40. The average molecular weight is 265 g/mol. The van der Waals surface area contributed by atoms with Gasteiger partial charge >= 0.3 is 0 Å². The van der Waals surface area contributed by atoms with Gasteiger partial charge in [0.25, 0.3) is 0 Å². The molecule has 18 heavy (non-hydrogen) atoms. The molecule has 1 aliphatic rings. The largest absolute Gasteiger partial charge is 0.388 e. The molecule has 0 aromatic heterocycles. The number of anilines is 1. The number of hydrogen-bond donors (Lipinski definition) is 1. The fourth-order valence-electron chi connectivity index (χ4n) is 2.50. The van der Waals surface area contributed by atoms with Crippen molar-refractivity contribution in [1.82, 2.24) is 0 Å². The van der Waals surface area contributed by atoms with Crippen LogP contribution in [0.25, 0.3) is 0 Å². The Kier molecular flexibility index (Phi) is 4.23. The number of benzene rings is 1. The third-order valence-electron chi connectivity index (χ3n) is 3.45. The highest BCUT2D eigenvalue weighted by molar-refractivity contribution is 8.00. The maximum absolute atomic E-state index is 10.1. The summed E-state index contributed by atoms with van der Waals surface area (Å²) in [6, 6.07) is 8.27. The Morgan fingerprint density at radius 1 is 1.39 bits per heavy atom. The lowest BCUT2D eigenvalue weighted by molar-refractivity contribution is 0.174. The summed E-state index contributed by atoms with van der Waals surface area (Å²) in [4.78, 5) is 2.42. The van der Waals surface area contributed by atoms with Gasteiger partial charge in [0.1, 0.15) is 0 Å². The zero-order valence-electron chi connectivity index (χ0n) is 11.5.